The molecule has 0 saturated carbocycles. The van der Waals surface area contributed by atoms with E-state index in [-0.39, 0.29) is 12.1 Å². The SMILES string of the molecule is CCOC(=O)C(N)CN1CCCC(OCC)C1. The topological polar surface area (TPSA) is 64.8 Å². The number of esters is 1. The third-order valence-corrected chi connectivity index (χ3v) is 2.91. The van der Waals surface area contributed by atoms with Gasteiger partial charge in [-0.15, -0.1) is 0 Å². The predicted molar refractivity (Wildman–Crippen MR) is 65.7 cm³/mol. The van der Waals surface area contributed by atoms with Crippen LogP contribution in [-0.4, -0.2) is 55.9 Å². The lowest BCUT2D eigenvalue weighted by atomic mass is 10.1. The molecule has 0 bridgehead atoms. The minimum Gasteiger partial charge on any atom is -0.465 e. The van der Waals surface area contributed by atoms with Gasteiger partial charge in [0, 0.05) is 19.7 Å². The zero-order valence-electron chi connectivity index (χ0n) is 10.9. The minimum atomic E-state index is -0.546. The smallest absolute Gasteiger partial charge is 0.324 e. The number of rotatable bonds is 6. The maximum absolute atomic E-state index is 11.4. The van der Waals surface area contributed by atoms with E-state index in [9.17, 15) is 4.79 Å². The second kappa shape index (κ2) is 7.63. The number of carbonyl (C=O) groups is 1. The first-order valence-electron chi connectivity index (χ1n) is 6.43. The van der Waals surface area contributed by atoms with E-state index in [2.05, 4.69) is 4.90 Å². The lowest BCUT2D eigenvalue weighted by molar-refractivity contribution is -0.145. The number of hydrogen-bond acceptors (Lipinski definition) is 5. The van der Waals surface area contributed by atoms with Crippen LogP contribution in [0.4, 0.5) is 0 Å². The van der Waals surface area contributed by atoms with Gasteiger partial charge in [0.25, 0.3) is 0 Å². The summed E-state index contributed by atoms with van der Waals surface area (Å²) in [4.78, 5) is 13.6. The van der Waals surface area contributed by atoms with Crippen molar-refractivity contribution in [1.82, 2.24) is 4.90 Å². The molecular weight excluding hydrogens is 220 g/mol. The van der Waals surface area contributed by atoms with Gasteiger partial charge in [0.05, 0.1) is 12.7 Å². The summed E-state index contributed by atoms with van der Waals surface area (Å²) in [5, 5.41) is 0. The van der Waals surface area contributed by atoms with Crippen LogP contribution in [0.25, 0.3) is 0 Å². The molecule has 0 amide bonds. The Bertz CT molecular complexity index is 234. The molecule has 5 nitrogen and oxygen atoms in total. The van der Waals surface area contributed by atoms with E-state index in [1.54, 1.807) is 6.92 Å². The second-order valence-electron chi connectivity index (χ2n) is 4.34. The van der Waals surface area contributed by atoms with Gasteiger partial charge in [-0.3, -0.25) is 9.69 Å². The molecule has 0 aromatic heterocycles. The van der Waals surface area contributed by atoms with Crippen molar-refractivity contribution in [3.63, 3.8) is 0 Å². The van der Waals surface area contributed by atoms with Gasteiger partial charge in [-0.05, 0) is 33.2 Å². The van der Waals surface area contributed by atoms with Gasteiger partial charge >= 0.3 is 5.97 Å². The van der Waals surface area contributed by atoms with Gasteiger partial charge < -0.3 is 15.2 Å². The standard InChI is InChI=1S/C12H24N2O3/c1-3-16-10-6-5-7-14(8-10)9-11(13)12(15)17-4-2/h10-11H,3-9,13H2,1-2H3. The monoisotopic (exact) mass is 244 g/mol. The van der Waals surface area contributed by atoms with Crippen LogP contribution in [0.1, 0.15) is 26.7 Å². The molecule has 1 heterocycles. The molecule has 17 heavy (non-hydrogen) atoms. The molecule has 1 rings (SSSR count). The van der Waals surface area contributed by atoms with E-state index >= 15 is 0 Å². The lowest BCUT2D eigenvalue weighted by Crippen LogP contribution is -2.48. The number of ether oxygens (including phenoxy) is 2. The average Bonchev–Trinajstić information content (AvgIpc) is 2.30. The fraction of sp³-hybridized carbons (Fsp3) is 0.917. The fourth-order valence-electron chi connectivity index (χ4n) is 2.15. The molecule has 5 heteroatoms. The van der Waals surface area contributed by atoms with E-state index in [1.807, 2.05) is 6.92 Å². The number of hydrogen-bond donors (Lipinski definition) is 1. The Kier molecular flexibility index (Phi) is 6.47. The Balaban J connectivity index is 2.32. The number of piperidine rings is 1. The van der Waals surface area contributed by atoms with Gasteiger partial charge in [-0.2, -0.15) is 0 Å². The lowest BCUT2D eigenvalue weighted by Gasteiger charge is -2.33. The highest BCUT2D eigenvalue weighted by Crippen LogP contribution is 2.13. The molecular formula is C12H24N2O3. The number of nitrogens with two attached hydrogens (primary N) is 1. The summed E-state index contributed by atoms with van der Waals surface area (Å²) in [6, 6.07) is -0.546. The molecule has 0 aromatic rings. The van der Waals surface area contributed by atoms with Crippen molar-refractivity contribution < 1.29 is 14.3 Å². The Morgan fingerprint density at radius 3 is 2.88 bits per heavy atom. The highest BCUT2D eigenvalue weighted by atomic mass is 16.5. The molecule has 0 radical (unpaired) electrons. The predicted octanol–water partition coefficient (Wildman–Crippen LogP) is 0.378. The van der Waals surface area contributed by atoms with E-state index in [4.69, 9.17) is 15.2 Å². The van der Waals surface area contributed by atoms with Crippen molar-refractivity contribution in [1.29, 1.82) is 0 Å². The van der Waals surface area contributed by atoms with Crippen LogP contribution in [-0.2, 0) is 14.3 Å². The third kappa shape index (κ3) is 5.02. The van der Waals surface area contributed by atoms with E-state index in [0.717, 1.165) is 32.5 Å². The van der Waals surface area contributed by atoms with E-state index in [1.165, 1.54) is 0 Å². The number of carbonyl (C=O) groups excluding carboxylic acids is 1. The summed E-state index contributed by atoms with van der Waals surface area (Å²) in [6.45, 7) is 7.32. The Morgan fingerprint density at radius 2 is 2.24 bits per heavy atom. The Morgan fingerprint density at radius 1 is 1.47 bits per heavy atom. The molecule has 1 saturated heterocycles. The zero-order valence-corrected chi connectivity index (χ0v) is 10.9. The van der Waals surface area contributed by atoms with E-state index < -0.39 is 6.04 Å². The molecule has 1 aliphatic heterocycles. The highest BCUT2D eigenvalue weighted by Gasteiger charge is 2.24. The molecule has 100 valence electrons. The molecule has 1 fully saturated rings. The van der Waals surface area contributed by atoms with Crippen LogP contribution < -0.4 is 5.73 Å². The summed E-state index contributed by atoms with van der Waals surface area (Å²) in [7, 11) is 0. The maximum Gasteiger partial charge on any atom is 0.324 e. The minimum absolute atomic E-state index is 0.281. The Labute approximate surface area is 103 Å². The summed E-state index contributed by atoms with van der Waals surface area (Å²) in [6.07, 6.45) is 2.47. The zero-order chi connectivity index (χ0) is 12.7. The van der Waals surface area contributed by atoms with Crippen LogP contribution >= 0.6 is 0 Å². The first-order valence-corrected chi connectivity index (χ1v) is 6.43. The van der Waals surface area contributed by atoms with Gasteiger partial charge in [0.1, 0.15) is 6.04 Å². The number of nitrogens with zero attached hydrogens (tertiary/aromatic N) is 1. The van der Waals surface area contributed by atoms with Crippen molar-refractivity contribution in [2.75, 3.05) is 32.8 Å². The Hall–Kier alpha value is -0.650. The van der Waals surface area contributed by atoms with Crippen molar-refractivity contribution in [2.45, 2.75) is 38.8 Å². The quantitative estimate of drug-likeness (QED) is 0.684. The number of likely N-dealkylation sites (tertiary alicyclic amines) is 1. The fourth-order valence-corrected chi connectivity index (χ4v) is 2.15. The molecule has 0 aromatic carbocycles. The third-order valence-electron chi connectivity index (χ3n) is 2.91. The van der Waals surface area contributed by atoms with Crippen molar-refractivity contribution in [2.24, 2.45) is 5.73 Å². The normalized spacial score (nSPS) is 23.4. The average molecular weight is 244 g/mol. The summed E-state index contributed by atoms with van der Waals surface area (Å²) in [5.41, 5.74) is 5.80. The molecule has 2 atom stereocenters. The van der Waals surface area contributed by atoms with Crippen molar-refractivity contribution >= 4 is 5.97 Å². The molecule has 0 spiro atoms. The summed E-state index contributed by atoms with van der Waals surface area (Å²) < 4.78 is 10.5. The van der Waals surface area contributed by atoms with Crippen LogP contribution in [0.5, 0.6) is 0 Å². The first-order chi connectivity index (χ1) is 8.17. The molecule has 0 aliphatic carbocycles. The van der Waals surface area contributed by atoms with Gasteiger partial charge in [-0.1, -0.05) is 0 Å². The summed E-state index contributed by atoms with van der Waals surface area (Å²) >= 11 is 0. The van der Waals surface area contributed by atoms with E-state index in [0.29, 0.717) is 13.2 Å². The molecule has 1 aliphatic rings. The van der Waals surface area contributed by atoms with Crippen LogP contribution in [0.2, 0.25) is 0 Å². The van der Waals surface area contributed by atoms with Crippen molar-refractivity contribution in [3.05, 3.63) is 0 Å². The van der Waals surface area contributed by atoms with Crippen LogP contribution in [0.3, 0.4) is 0 Å². The second-order valence-corrected chi connectivity index (χ2v) is 4.34. The van der Waals surface area contributed by atoms with Gasteiger partial charge in [0.15, 0.2) is 0 Å². The first kappa shape index (κ1) is 14.4. The van der Waals surface area contributed by atoms with Gasteiger partial charge in [-0.25, -0.2) is 0 Å². The van der Waals surface area contributed by atoms with Crippen molar-refractivity contribution in [3.8, 4) is 0 Å². The molecule has 2 N–H and O–H groups in total. The molecule has 2 unspecified atom stereocenters. The van der Waals surface area contributed by atoms with Gasteiger partial charge in [0.2, 0.25) is 0 Å². The maximum atomic E-state index is 11.4. The largest absolute Gasteiger partial charge is 0.465 e. The van der Waals surface area contributed by atoms with Crippen LogP contribution in [0.15, 0.2) is 0 Å². The highest BCUT2D eigenvalue weighted by molar-refractivity contribution is 5.75. The van der Waals surface area contributed by atoms with Crippen LogP contribution in [0, 0.1) is 0 Å². The summed E-state index contributed by atoms with van der Waals surface area (Å²) in [5.74, 6) is -0.314.